The van der Waals surface area contributed by atoms with Crippen LogP contribution in [0.4, 0.5) is 0 Å². The zero-order valence-corrected chi connectivity index (χ0v) is 15.5. The quantitative estimate of drug-likeness (QED) is 0.264. The maximum atomic E-state index is 6.77. The maximum Gasteiger partial charge on any atom is 0.238 e. The number of rotatable bonds is 10. The molecule has 2 unspecified atom stereocenters. The van der Waals surface area contributed by atoms with Gasteiger partial charge in [0.25, 0.3) is 0 Å². The standard InChI is InChI=1S/C15H27BNO5P/c1-7-12-13(22-23(6)19-9-8-17-4)14(15(16)21-12)20-11(3)10(2)18-5/h10-15H,7-9H2,1-3,5-6H3/t10-,11+,12+,13-,14?,15+,23?/m0/s1. The Morgan fingerprint density at radius 1 is 1.30 bits per heavy atom. The fourth-order valence-electron chi connectivity index (χ4n) is 2.33. The van der Waals surface area contributed by atoms with Crippen LogP contribution in [-0.4, -0.2) is 71.3 Å². The van der Waals surface area contributed by atoms with Crippen LogP contribution in [0.5, 0.6) is 0 Å². The molecule has 0 N–H and O–H groups in total. The molecule has 1 heterocycles. The Morgan fingerprint density at radius 2 is 2.00 bits per heavy atom. The maximum absolute atomic E-state index is 6.77. The molecule has 6 nitrogen and oxygen atoms in total. The van der Waals surface area contributed by atoms with Crippen LogP contribution in [-0.2, 0) is 23.3 Å². The first-order valence-corrected chi connectivity index (χ1v) is 9.52. The topological polar surface area (TPSA) is 50.5 Å². The summed E-state index contributed by atoms with van der Waals surface area (Å²) in [6.45, 7) is 15.2. The lowest BCUT2D eigenvalue weighted by Gasteiger charge is -2.30. The van der Waals surface area contributed by atoms with Gasteiger partial charge in [0, 0.05) is 19.8 Å². The SMILES string of the molecule is [B][C@@H]1O[C@H](CC)[C@H](OP(C)OCC[N+]#[C-])C1O[C@H](C)[C@H](C)OC. The molecule has 0 aromatic rings. The minimum Gasteiger partial charge on any atom is -0.379 e. The van der Waals surface area contributed by atoms with E-state index >= 15 is 0 Å². The van der Waals surface area contributed by atoms with E-state index in [1.165, 1.54) is 0 Å². The van der Waals surface area contributed by atoms with E-state index in [-0.39, 0.29) is 30.5 Å². The number of hydrogen-bond donors (Lipinski definition) is 0. The Morgan fingerprint density at radius 3 is 2.57 bits per heavy atom. The molecule has 1 rings (SSSR count). The third-order valence-corrected chi connectivity index (χ3v) is 4.99. The van der Waals surface area contributed by atoms with Crippen LogP contribution in [0.2, 0.25) is 0 Å². The van der Waals surface area contributed by atoms with Gasteiger partial charge in [-0.3, -0.25) is 0 Å². The number of nitrogens with zero attached hydrogens (tertiary/aromatic N) is 1. The highest BCUT2D eigenvalue weighted by molar-refractivity contribution is 7.46. The summed E-state index contributed by atoms with van der Waals surface area (Å²) in [7, 11) is 6.61. The van der Waals surface area contributed by atoms with Gasteiger partial charge in [-0.1, -0.05) is 6.92 Å². The van der Waals surface area contributed by atoms with Crippen molar-refractivity contribution in [2.75, 3.05) is 26.9 Å². The third kappa shape index (κ3) is 6.30. The number of ether oxygens (including phenoxy) is 3. The highest BCUT2D eigenvalue weighted by Gasteiger charge is 2.44. The molecule has 0 amide bonds. The lowest BCUT2D eigenvalue weighted by Crippen LogP contribution is -2.41. The molecule has 0 spiro atoms. The summed E-state index contributed by atoms with van der Waals surface area (Å²) in [6, 6.07) is -0.539. The minimum absolute atomic E-state index is 0.0541. The third-order valence-electron chi connectivity index (χ3n) is 3.90. The molecule has 1 saturated heterocycles. The Balaban J connectivity index is 2.67. The molecule has 8 heteroatoms. The lowest BCUT2D eigenvalue weighted by molar-refractivity contribution is -0.100. The molecular weight excluding hydrogens is 316 g/mol. The van der Waals surface area contributed by atoms with Gasteiger partial charge in [-0.25, -0.2) is 6.57 Å². The van der Waals surface area contributed by atoms with Crippen molar-refractivity contribution in [3.63, 3.8) is 0 Å². The van der Waals surface area contributed by atoms with Crippen LogP contribution < -0.4 is 0 Å². The van der Waals surface area contributed by atoms with E-state index in [0.29, 0.717) is 13.2 Å². The second kappa shape index (κ2) is 10.6. The highest BCUT2D eigenvalue weighted by atomic mass is 31.2. The Bertz CT molecular complexity index is 383. The molecule has 0 aromatic carbocycles. The Kier molecular flexibility index (Phi) is 9.61. The van der Waals surface area contributed by atoms with Gasteiger partial charge in [-0.05, 0) is 20.3 Å². The first-order valence-electron chi connectivity index (χ1n) is 7.90. The monoisotopic (exact) mass is 343 g/mol. The molecule has 2 radical (unpaired) electrons. The molecule has 7 atom stereocenters. The molecule has 1 aliphatic rings. The molecule has 0 bridgehead atoms. The van der Waals surface area contributed by atoms with Crippen LogP contribution in [0.1, 0.15) is 27.2 Å². The van der Waals surface area contributed by atoms with Crippen molar-refractivity contribution in [2.45, 2.75) is 63.7 Å². The van der Waals surface area contributed by atoms with Gasteiger partial charge in [-0.2, -0.15) is 0 Å². The van der Waals surface area contributed by atoms with E-state index in [1.54, 1.807) is 7.11 Å². The van der Waals surface area contributed by atoms with E-state index in [0.717, 1.165) is 6.42 Å². The van der Waals surface area contributed by atoms with Gasteiger partial charge in [0.15, 0.2) is 8.38 Å². The summed E-state index contributed by atoms with van der Waals surface area (Å²) < 4.78 is 28.7. The van der Waals surface area contributed by atoms with Gasteiger partial charge in [0.1, 0.15) is 26.7 Å². The smallest absolute Gasteiger partial charge is 0.238 e. The summed E-state index contributed by atoms with van der Waals surface area (Å²) in [4.78, 5) is 3.26. The molecule has 0 aliphatic carbocycles. The average molecular weight is 343 g/mol. The summed E-state index contributed by atoms with van der Waals surface area (Å²) in [5.41, 5.74) is 0. The van der Waals surface area contributed by atoms with E-state index in [2.05, 4.69) is 4.85 Å². The predicted molar refractivity (Wildman–Crippen MR) is 90.7 cm³/mol. The normalized spacial score (nSPS) is 31.5. The van der Waals surface area contributed by atoms with Gasteiger partial charge in [0.2, 0.25) is 6.54 Å². The van der Waals surface area contributed by atoms with Gasteiger partial charge in [-0.15, -0.1) is 0 Å². The largest absolute Gasteiger partial charge is 0.379 e. The van der Waals surface area contributed by atoms with E-state index in [4.69, 9.17) is 37.7 Å². The summed E-state index contributed by atoms with van der Waals surface area (Å²) in [6.07, 6.45) is -0.200. The molecule has 0 saturated carbocycles. The van der Waals surface area contributed by atoms with Gasteiger partial charge < -0.3 is 28.1 Å². The molecule has 23 heavy (non-hydrogen) atoms. The van der Waals surface area contributed by atoms with Crippen molar-refractivity contribution < 1.29 is 23.3 Å². The predicted octanol–water partition coefficient (Wildman–Crippen LogP) is 2.36. The molecular formula is C15H27BNO5P. The fraction of sp³-hybridized carbons (Fsp3) is 0.933. The molecule has 130 valence electrons. The Labute approximate surface area is 142 Å². The molecule has 1 fully saturated rings. The summed E-state index contributed by atoms with van der Waals surface area (Å²) >= 11 is 0. The van der Waals surface area contributed by atoms with E-state index in [1.807, 2.05) is 27.4 Å². The number of methoxy groups -OCH3 is 1. The van der Waals surface area contributed by atoms with Crippen LogP contribution in [0.25, 0.3) is 4.85 Å². The van der Waals surface area contributed by atoms with Crippen molar-refractivity contribution in [1.82, 2.24) is 0 Å². The van der Waals surface area contributed by atoms with Gasteiger partial charge >= 0.3 is 0 Å². The summed E-state index contributed by atoms with van der Waals surface area (Å²) in [5, 5.41) is 0. The van der Waals surface area contributed by atoms with Crippen molar-refractivity contribution >= 4 is 16.2 Å². The minimum atomic E-state index is -1.12. The van der Waals surface area contributed by atoms with Crippen molar-refractivity contribution in [3.8, 4) is 0 Å². The lowest BCUT2D eigenvalue weighted by atomic mass is 9.92. The summed E-state index contributed by atoms with van der Waals surface area (Å²) in [5.74, 6) is 0. The van der Waals surface area contributed by atoms with E-state index < -0.39 is 14.4 Å². The first-order chi connectivity index (χ1) is 10.9. The first kappa shape index (κ1) is 20.8. The van der Waals surface area contributed by atoms with Crippen LogP contribution >= 0.6 is 8.38 Å². The molecule has 0 aromatic heterocycles. The van der Waals surface area contributed by atoms with Gasteiger partial charge in [0.05, 0.1) is 18.3 Å². The zero-order chi connectivity index (χ0) is 17.4. The second-order valence-corrected chi connectivity index (χ2v) is 6.87. The van der Waals surface area contributed by atoms with Crippen molar-refractivity contribution in [3.05, 3.63) is 11.4 Å². The van der Waals surface area contributed by atoms with Crippen LogP contribution in [0.3, 0.4) is 0 Å². The van der Waals surface area contributed by atoms with E-state index in [9.17, 15) is 0 Å². The highest BCUT2D eigenvalue weighted by Crippen LogP contribution is 2.41. The number of hydrogen-bond acceptors (Lipinski definition) is 5. The molecule has 1 aliphatic heterocycles. The van der Waals surface area contributed by atoms with Crippen LogP contribution in [0, 0.1) is 6.57 Å². The second-order valence-electron chi connectivity index (χ2n) is 5.52. The zero-order valence-electron chi connectivity index (χ0n) is 14.6. The Hall–Kier alpha value is -0.215. The fourth-order valence-corrected chi connectivity index (χ4v) is 3.33. The van der Waals surface area contributed by atoms with Crippen molar-refractivity contribution in [2.24, 2.45) is 0 Å². The van der Waals surface area contributed by atoms with Crippen LogP contribution in [0.15, 0.2) is 0 Å². The van der Waals surface area contributed by atoms with Crippen molar-refractivity contribution in [1.29, 1.82) is 0 Å². The average Bonchev–Trinajstić information content (AvgIpc) is 2.82.